The fraction of sp³-hybridized carbons (Fsp3) is 0.933. The first kappa shape index (κ1) is 12.5. The highest BCUT2D eigenvalue weighted by molar-refractivity contribution is 5.87. The third kappa shape index (κ3) is 1.49. The number of amides is 1. The van der Waals surface area contributed by atoms with Gasteiger partial charge in [0, 0.05) is 6.04 Å². The first-order valence-electron chi connectivity index (χ1n) is 7.38. The SMILES string of the molecule is CC12CCC(C1)C(C)(C)C2NC(=O)C1(N)CCC1. The number of fused-ring (bicyclic) bond motifs is 2. The Morgan fingerprint density at radius 3 is 2.33 bits per heavy atom. The molecule has 0 heterocycles. The highest BCUT2D eigenvalue weighted by Crippen LogP contribution is 2.62. The Bertz CT molecular complexity index is 381. The summed E-state index contributed by atoms with van der Waals surface area (Å²) < 4.78 is 0. The Kier molecular flexibility index (Phi) is 2.42. The molecule has 0 aromatic heterocycles. The van der Waals surface area contributed by atoms with E-state index in [9.17, 15) is 4.79 Å². The van der Waals surface area contributed by atoms with Crippen molar-refractivity contribution in [3.8, 4) is 0 Å². The molecule has 3 N–H and O–H groups in total. The van der Waals surface area contributed by atoms with Crippen LogP contribution < -0.4 is 11.1 Å². The van der Waals surface area contributed by atoms with Crippen LogP contribution >= 0.6 is 0 Å². The number of nitrogens with one attached hydrogen (secondary N) is 1. The third-order valence-electron chi connectivity index (χ3n) is 6.24. The van der Waals surface area contributed by atoms with Crippen molar-refractivity contribution in [2.75, 3.05) is 0 Å². The van der Waals surface area contributed by atoms with Crippen LogP contribution in [0.4, 0.5) is 0 Å². The van der Waals surface area contributed by atoms with Gasteiger partial charge in [0.25, 0.3) is 0 Å². The van der Waals surface area contributed by atoms with Crippen LogP contribution in [0.3, 0.4) is 0 Å². The summed E-state index contributed by atoms with van der Waals surface area (Å²) in [7, 11) is 0. The number of nitrogens with two attached hydrogens (primary N) is 1. The molecule has 0 aromatic rings. The number of hydrogen-bond acceptors (Lipinski definition) is 2. The van der Waals surface area contributed by atoms with E-state index in [4.69, 9.17) is 5.73 Å². The van der Waals surface area contributed by atoms with Crippen LogP contribution in [0.25, 0.3) is 0 Å². The minimum absolute atomic E-state index is 0.0978. The molecule has 1 amide bonds. The van der Waals surface area contributed by atoms with E-state index in [0.29, 0.717) is 11.5 Å². The fourth-order valence-corrected chi connectivity index (χ4v) is 4.72. The van der Waals surface area contributed by atoms with E-state index >= 15 is 0 Å². The molecule has 0 spiro atoms. The van der Waals surface area contributed by atoms with Crippen molar-refractivity contribution in [2.45, 2.75) is 70.9 Å². The van der Waals surface area contributed by atoms with Gasteiger partial charge in [-0.1, -0.05) is 20.8 Å². The quantitative estimate of drug-likeness (QED) is 0.789. The molecule has 2 bridgehead atoms. The van der Waals surface area contributed by atoms with Gasteiger partial charge in [0.2, 0.25) is 5.91 Å². The lowest BCUT2D eigenvalue weighted by Gasteiger charge is -2.46. The minimum atomic E-state index is -0.561. The van der Waals surface area contributed by atoms with Crippen LogP contribution in [0.15, 0.2) is 0 Å². The predicted octanol–water partition coefficient (Wildman–Crippen LogP) is 2.20. The lowest BCUT2D eigenvalue weighted by atomic mass is 9.67. The molecule has 3 aliphatic carbocycles. The molecule has 3 atom stereocenters. The first-order chi connectivity index (χ1) is 8.28. The van der Waals surface area contributed by atoms with Crippen LogP contribution in [-0.4, -0.2) is 17.5 Å². The molecule has 0 aliphatic heterocycles. The molecule has 3 heteroatoms. The molecule has 102 valence electrons. The largest absolute Gasteiger partial charge is 0.351 e. The van der Waals surface area contributed by atoms with Crippen molar-refractivity contribution in [1.29, 1.82) is 0 Å². The Morgan fingerprint density at radius 2 is 1.89 bits per heavy atom. The van der Waals surface area contributed by atoms with Gasteiger partial charge in [-0.2, -0.15) is 0 Å². The zero-order chi connectivity index (χ0) is 13.2. The lowest BCUT2D eigenvalue weighted by molar-refractivity contribution is -0.132. The fourth-order valence-electron chi connectivity index (χ4n) is 4.72. The second-order valence-corrected chi connectivity index (χ2v) is 7.83. The maximum Gasteiger partial charge on any atom is 0.240 e. The summed E-state index contributed by atoms with van der Waals surface area (Å²) in [5.41, 5.74) is 6.10. The molecule has 18 heavy (non-hydrogen) atoms. The van der Waals surface area contributed by atoms with Crippen LogP contribution in [0.2, 0.25) is 0 Å². The topological polar surface area (TPSA) is 55.1 Å². The zero-order valence-electron chi connectivity index (χ0n) is 11.9. The first-order valence-corrected chi connectivity index (χ1v) is 7.38. The second kappa shape index (κ2) is 3.50. The Hall–Kier alpha value is -0.570. The van der Waals surface area contributed by atoms with Crippen LogP contribution in [0.1, 0.15) is 59.3 Å². The van der Waals surface area contributed by atoms with Crippen molar-refractivity contribution in [3.05, 3.63) is 0 Å². The van der Waals surface area contributed by atoms with Crippen LogP contribution in [0.5, 0.6) is 0 Å². The van der Waals surface area contributed by atoms with Gasteiger partial charge in [-0.3, -0.25) is 4.79 Å². The number of carbonyl (C=O) groups excluding carboxylic acids is 1. The van der Waals surface area contributed by atoms with E-state index in [-0.39, 0.29) is 11.3 Å². The molecule has 0 saturated heterocycles. The highest BCUT2D eigenvalue weighted by atomic mass is 16.2. The Morgan fingerprint density at radius 1 is 1.22 bits per heavy atom. The lowest BCUT2D eigenvalue weighted by Crippen LogP contribution is -2.63. The predicted molar refractivity (Wildman–Crippen MR) is 71.9 cm³/mol. The molecule has 3 fully saturated rings. The maximum atomic E-state index is 12.4. The summed E-state index contributed by atoms with van der Waals surface area (Å²) in [5.74, 6) is 0.864. The summed E-state index contributed by atoms with van der Waals surface area (Å²) >= 11 is 0. The summed E-state index contributed by atoms with van der Waals surface area (Å²) in [6.45, 7) is 6.98. The van der Waals surface area contributed by atoms with Crippen LogP contribution in [0, 0.1) is 16.7 Å². The number of carbonyl (C=O) groups is 1. The highest BCUT2D eigenvalue weighted by Gasteiger charge is 2.60. The Labute approximate surface area is 110 Å². The van der Waals surface area contributed by atoms with Gasteiger partial charge >= 0.3 is 0 Å². The van der Waals surface area contributed by atoms with E-state index in [2.05, 4.69) is 26.1 Å². The average Bonchev–Trinajstić information content (AvgIpc) is 2.72. The van der Waals surface area contributed by atoms with E-state index < -0.39 is 5.54 Å². The molecule has 3 unspecified atom stereocenters. The molecule has 0 aromatic carbocycles. The van der Waals surface area contributed by atoms with Gasteiger partial charge in [-0.15, -0.1) is 0 Å². The molecule has 0 radical (unpaired) electrons. The summed E-state index contributed by atoms with van der Waals surface area (Å²) in [6, 6.07) is 0.303. The average molecular weight is 250 g/mol. The van der Waals surface area contributed by atoms with Gasteiger partial charge in [0.05, 0.1) is 5.54 Å². The second-order valence-electron chi connectivity index (χ2n) is 7.83. The van der Waals surface area contributed by atoms with Gasteiger partial charge in [0.15, 0.2) is 0 Å². The monoisotopic (exact) mass is 250 g/mol. The molecular weight excluding hydrogens is 224 g/mol. The van der Waals surface area contributed by atoms with E-state index in [0.717, 1.165) is 25.2 Å². The van der Waals surface area contributed by atoms with Crippen molar-refractivity contribution >= 4 is 5.91 Å². The summed E-state index contributed by atoms with van der Waals surface area (Å²) in [6.07, 6.45) is 6.64. The maximum absolute atomic E-state index is 12.4. The van der Waals surface area contributed by atoms with Crippen molar-refractivity contribution in [3.63, 3.8) is 0 Å². The standard InChI is InChI=1S/C15H26N2O/c1-13(2)10-5-8-14(3,9-10)11(13)17-12(18)15(16)6-4-7-15/h10-11H,4-9,16H2,1-3H3,(H,17,18). The Balaban J connectivity index is 1.78. The molecule has 3 saturated carbocycles. The van der Waals surface area contributed by atoms with E-state index in [1.54, 1.807) is 0 Å². The summed E-state index contributed by atoms with van der Waals surface area (Å²) in [5, 5.41) is 3.32. The van der Waals surface area contributed by atoms with Gasteiger partial charge in [-0.25, -0.2) is 0 Å². The zero-order valence-corrected chi connectivity index (χ0v) is 11.9. The van der Waals surface area contributed by atoms with Crippen molar-refractivity contribution in [2.24, 2.45) is 22.5 Å². The molecule has 3 nitrogen and oxygen atoms in total. The van der Waals surface area contributed by atoms with Gasteiger partial charge < -0.3 is 11.1 Å². The van der Waals surface area contributed by atoms with Gasteiger partial charge in [0.1, 0.15) is 0 Å². The van der Waals surface area contributed by atoms with Crippen LogP contribution in [-0.2, 0) is 4.79 Å². The molecule has 3 rings (SSSR count). The molecule has 3 aliphatic rings. The minimum Gasteiger partial charge on any atom is -0.351 e. The van der Waals surface area contributed by atoms with E-state index in [1.807, 2.05) is 0 Å². The smallest absolute Gasteiger partial charge is 0.240 e. The number of rotatable bonds is 2. The van der Waals surface area contributed by atoms with Crippen molar-refractivity contribution < 1.29 is 4.79 Å². The summed E-state index contributed by atoms with van der Waals surface area (Å²) in [4.78, 5) is 12.4. The normalized spacial score (nSPS) is 43.6. The number of hydrogen-bond donors (Lipinski definition) is 2. The van der Waals surface area contributed by atoms with E-state index in [1.165, 1.54) is 19.3 Å². The van der Waals surface area contributed by atoms with Gasteiger partial charge in [-0.05, 0) is 55.3 Å². The molecular formula is C15H26N2O. The van der Waals surface area contributed by atoms with Crippen molar-refractivity contribution in [1.82, 2.24) is 5.32 Å². The third-order valence-corrected chi connectivity index (χ3v) is 6.24.